The van der Waals surface area contributed by atoms with Crippen LogP contribution in [0.25, 0.3) is 175 Å². The van der Waals surface area contributed by atoms with Gasteiger partial charge in [-0.2, -0.15) is 0 Å². The minimum atomic E-state index is -0.141. The second kappa shape index (κ2) is 16.6. The third-order valence-electron chi connectivity index (χ3n) is 19.2. The molecule has 0 N–H and O–H groups in total. The molecule has 0 spiro atoms. The molecule has 86 heavy (non-hydrogen) atoms. The van der Waals surface area contributed by atoms with Gasteiger partial charge in [-0.15, -0.1) is 0 Å². The van der Waals surface area contributed by atoms with Gasteiger partial charge in [-0.3, -0.25) is 8.80 Å². The second-order valence-electron chi connectivity index (χ2n) is 26.2. The highest BCUT2D eigenvalue weighted by molar-refractivity contribution is 6.35. The summed E-state index contributed by atoms with van der Waals surface area (Å²) < 4.78 is 9.82. The minimum Gasteiger partial charge on any atom is -0.309 e. The molecule has 0 saturated heterocycles. The van der Waals surface area contributed by atoms with Crippen molar-refractivity contribution in [2.75, 3.05) is 0 Å². The van der Waals surface area contributed by atoms with E-state index < -0.39 is 0 Å². The van der Waals surface area contributed by atoms with E-state index in [0.717, 1.165) is 66.5 Å². The van der Waals surface area contributed by atoms with Crippen molar-refractivity contribution >= 4 is 142 Å². The van der Waals surface area contributed by atoms with Crippen LogP contribution in [0.15, 0.2) is 231 Å². The van der Waals surface area contributed by atoms with E-state index in [1.165, 1.54) is 120 Å². The van der Waals surface area contributed by atoms with Gasteiger partial charge < -0.3 is 9.13 Å². The van der Waals surface area contributed by atoms with E-state index in [1.807, 2.05) is 0 Å². The van der Waals surface area contributed by atoms with Gasteiger partial charge in [0.05, 0.1) is 44.1 Å². The Hall–Kier alpha value is -10.6. The van der Waals surface area contributed by atoms with Crippen molar-refractivity contribution in [1.82, 2.24) is 27.9 Å². The quantitative estimate of drug-likeness (QED) is 0.176. The summed E-state index contributed by atoms with van der Waals surface area (Å²) >= 11 is 0. The number of nitrogens with zero attached hydrogens (tertiary/aromatic N) is 6. The maximum Gasteiger partial charge on any atom is 0.165 e. The van der Waals surface area contributed by atoms with Crippen molar-refractivity contribution in [1.29, 1.82) is 0 Å². The average molecular weight is 1100 g/mol. The van der Waals surface area contributed by atoms with Crippen molar-refractivity contribution in [2.24, 2.45) is 0 Å². The number of hydrogen-bond acceptors (Lipinski definition) is 2. The maximum atomic E-state index is 6.09. The van der Waals surface area contributed by atoms with E-state index in [1.54, 1.807) is 0 Å². The molecule has 0 amide bonds. The zero-order valence-corrected chi connectivity index (χ0v) is 48.6. The van der Waals surface area contributed by atoms with Gasteiger partial charge in [-0.05, 0) is 152 Å². The van der Waals surface area contributed by atoms with Crippen LogP contribution in [0.3, 0.4) is 0 Å². The van der Waals surface area contributed by atoms with E-state index in [9.17, 15) is 0 Å². The predicted octanol–water partition coefficient (Wildman–Crippen LogP) is 21.2. The summed E-state index contributed by atoms with van der Waals surface area (Å²) in [7, 11) is 0. The summed E-state index contributed by atoms with van der Waals surface area (Å²) in [6.07, 6.45) is 0. The Morgan fingerprint density at radius 2 is 0.663 bits per heavy atom. The Balaban J connectivity index is 0.961. The van der Waals surface area contributed by atoms with Crippen molar-refractivity contribution < 1.29 is 0 Å². The molecule has 0 fully saturated rings. The molecule has 0 radical (unpaired) electrons. The summed E-state index contributed by atoms with van der Waals surface area (Å²) in [4.78, 5) is 12.2. The lowest BCUT2D eigenvalue weighted by Crippen LogP contribution is -2.11. The molecule has 19 rings (SSSR count). The molecular weight excluding hydrogens is 1040 g/mol. The van der Waals surface area contributed by atoms with Crippen LogP contribution in [0.2, 0.25) is 0 Å². The van der Waals surface area contributed by atoms with Gasteiger partial charge in [0, 0.05) is 76.4 Å². The molecule has 7 heterocycles. The van der Waals surface area contributed by atoms with Gasteiger partial charge in [0.1, 0.15) is 11.0 Å². The highest BCUT2D eigenvalue weighted by Gasteiger charge is 2.31. The zero-order valence-electron chi connectivity index (χ0n) is 48.6. The normalized spacial score (nSPS) is 13.0. The summed E-state index contributed by atoms with van der Waals surface area (Å²) in [5.74, 6) is 0. The van der Waals surface area contributed by atoms with Crippen LogP contribution in [-0.4, -0.2) is 27.9 Å². The van der Waals surface area contributed by atoms with Crippen LogP contribution in [0.4, 0.5) is 0 Å². The fourth-order valence-electron chi connectivity index (χ4n) is 15.2. The predicted molar refractivity (Wildman–Crippen MR) is 363 cm³/mol. The van der Waals surface area contributed by atoms with Crippen molar-refractivity contribution in [3.05, 3.63) is 242 Å². The van der Waals surface area contributed by atoms with E-state index in [-0.39, 0.29) is 10.8 Å². The summed E-state index contributed by atoms with van der Waals surface area (Å²) in [6, 6.07) is 86.0. The topological polar surface area (TPSA) is 44.5 Å². The van der Waals surface area contributed by atoms with Crippen LogP contribution < -0.4 is 0 Å². The first-order valence-corrected chi connectivity index (χ1v) is 30.1. The largest absolute Gasteiger partial charge is 0.309 e. The number of hydrogen-bond donors (Lipinski definition) is 0. The van der Waals surface area contributed by atoms with Crippen molar-refractivity contribution in [2.45, 2.75) is 52.4 Å². The number of benzene rings is 12. The fourth-order valence-corrected chi connectivity index (χ4v) is 15.2. The van der Waals surface area contributed by atoms with Crippen LogP contribution >= 0.6 is 0 Å². The van der Waals surface area contributed by atoms with Gasteiger partial charge in [0.15, 0.2) is 11.3 Å². The molecule has 406 valence electrons. The highest BCUT2D eigenvalue weighted by Crippen LogP contribution is 2.51. The Morgan fingerprint density at radius 3 is 1.08 bits per heavy atom. The SMILES string of the molecule is CC(C)(C)c1cc(-c2ccc3c(c2)c2ccccc2n3-c2ccccc2)c2c(c1)c1c3ccccc3cc3c4nc5c(nc4n2c31)c1cc2ccccc2c2c3cc(C(C)(C)C)cc(-c4ccc6c(c4)c4ccccc4n6-c4ccccc4)c3n5c12. The third kappa shape index (κ3) is 6.29. The first-order chi connectivity index (χ1) is 41.9. The molecule has 0 bridgehead atoms. The van der Waals surface area contributed by atoms with Gasteiger partial charge in [0.25, 0.3) is 0 Å². The van der Waals surface area contributed by atoms with Crippen molar-refractivity contribution in [3.8, 4) is 33.6 Å². The van der Waals surface area contributed by atoms with E-state index in [0.29, 0.717) is 0 Å². The number of para-hydroxylation sites is 4. The number of aromatic nitrogens is 6. The molecule has 6 heteroatoms. The first kappa shape index (κ1) is 47.9. The molecule has 0 aliphatic carbocycles. The lowest BCUT2D eigenvalue weighted by Gasteiger charge is -2.21. The Labute approximate surface area is 494 Å². The standard InChI is InChI=1S/C80H56N6/c1-79(2,3)49-41-57(47-33-35-67-59(37-47)55-29-17-19-31-65(55)83(67)51-23-9-7-10-24-51)73-61(43-49)69-53-27-15-13-21-45(53)39-63-71-77(85(73)75(63)69)81-72-64-40-46-22-14-16-28-54(46)70-62-44-50(80(4,5)6)42-58(74(62)86(76(64)70)78(72)82-71)48-34-36-68-60(38-48)56-30-18-20-32-66(56)84(68)52-25-11-8-12-26-52/h7-44H,1-6H3. The van der Waals surface area contributed by atoms with E-state index in [2.05, 4.69) is 290 Å². The molecule has 12 aromatic carbocycles. The monoisotopic (exact) mass is 1100 g/mol. The van der Waals surface area contributed by atoms with E-state index in [4.69, 9.17) is 9.97 Å². The molecule has 19 aromatic rings. The minimum absolute atomic E-state index is 0.141. The molecule has 7 aromatic heterocycles. The smallest absolute Gasteiger partial charge is 0.165 e. The third-order valence-corrected chi connectivity index (χ3v) is 19.2. The molecule has 0 atom stereocenters. The second-order valence-corrected chi connectivity index (χ2v) is 26.2. The van der Waals surface area contributed by atoms with Gasteiger partial charge in [-0.25, -0.2) is 9.97 Å². The molecule has 0 saturated carbocycles. The molecular formula is C80H56N6. The molecule has 0 aliphatic rings. The summed E-state index contributed by atoms with van der Waals surface area (Å²) in [5, 5.41) is 16.9. The average Bonchev–Trinajstić information content (AvgIpc) is 1.53. The van der Waals surface area contributed by atoms with Gasteiger partial charge in [0.2, 0.25) is 0 Å². The summed E-state index contributed by atoms with van der Waals surface area (Å²) in [6.45, 7) is 14.1. The molecule has 0 unspecified atom stereocenters. The first-order valence-electron chi connectivity index (χ1n) is 30.1. The Morgan fingerprint density at radius 1 is 0.291 bits per heavy atom. The fraction of sp³-hybridized carbons (Fsp3) is 0.100. The Bertz CT molecular complexity index is 5760. The van der Waals surface area contributed by atoms with Crippen LogP contribution in [-0.2, 0) is 10.8 Å². The van der Waals surface area contributed by atoms with Crippen LogP contribution in [0.5, 0.6) is 0 Å². The Kier molecular flexibility index (Phi) is 9.25. The lowest BCUT2D eigenvalue weighted by molar-refractivity contribution is 0.591. The zero-order chi connectivity index (χ0) is 57.2. The van der Waals surface area contributed by atoms with Gasteiger partial charge in [-0.1, -0.05) is 175 Å². The van der Waals surface area contributed by atoms with Gasteiger partial charge >= 0.3 is 0 Å². The number of fused-ring (bicyclic) bond motifs is 22. The number of rotatable bonds is 4. The summed E-state index contributed by atoms with van der Waals surface area (Å²) in [5.41, 5.74) is 22.2. The van der Waals surface area contributed by atoms with E-state index >= 15 is 0 Å². The maximum absolute atomic E-state index is 6.09. The molecule has 6 nitrogen and oxygen atoms in total. The lowest BCUT2D eigenvalue weighted by atomic mass is 9.83. The van der Waals surface area contributed by atoms with Crippen LogP contribution in [0.1, 0.15) is 52.7 Å². The van der Waals surface area contributed by atoms with Crippen molar-refractivity contribution in [3.63, 3.8) is 0 Å². The molecule has 0 aliphatic heterocycles. The highest BCUT2D eigenvalue weighted by atomic mass is 15.1. The van der Waals surface area contributed by atoms with Crippen LogP contribution in [0, 0.1) is 0 Å².